The van der Waals surface area contributed by atoms with E-state index in [1.54, 1.807) is 55.7 Å². The van der Waals surface area contributed by atoms with Gasteiger partial charge in [-0.1, -0.05) is 17.7 Å². The van der Waals surface area contributed by atoms with Gasteiger partial charge in [-0.3, -0.25) is 4.79 Å². The average Bonchev–Trinajstić information content (AvgIpc) is 2.69. The predicted octanol–water partition coefficient (Wildman–Crippen LogP) is 4.33. The lowest BCUT2D eigenvalue weighted by Gasteiger charge is -2.12. The number of esters is 1. The summed E-state index contributed by atoms with van der Waals surface area (Å²) in [5, 5.41) is 3.22. The van der Waals surface area contributed by atoms with Crippen molar-refractivity contribution in [2.24, 2.45) is 0 Å². The Bertz CT molecular complexity index is 848. The van der Waals surface area contributed by atoms with Gasteiger partial charge < -0.3 is 19.5 Å². The maximum absolute atomic E-state index is 12.1. The summed E-state index contributed by atoms with van der Waals surface area (Å²) in [6.07, 6.45) is 1.87. The van der Waals surface area contributed by atoms with Gasteiger partial charge in [0.2, 0.25) is 0 Å². The first-order chi connectivity index (χ1) is 13.4. The van der Waals surface area contributed by atoms with Gasteiger partial charge in [0.05, 0.1) is 13.7 Å². The highest BCUT2D eigenvalue weighted by Crippen LogP contribution is 2.28. The van der Waals surface area contributed by atoms with Gasteiger partial charge in [0.1, 0.15) is 0 Å². The molecule has 2 aromatic carbocycles. The van der Waals surface area contributed by atoms with E-state index in [-0.39, 0.29) is 0 Å². The molecule has 1 amide bonds. The van der Waals surface area contributed by atoms with Gasteiger partial charge in [-0.15, -0.1) is 0 Å². The van der Waals surface area contributed by atoms with Gasteiger partial charge in [0.25, 0.3) is 5.91 Å². The minimum Gasteiger partial charge on any atom is -0.493 e. The van der Waals surface area contributed by atoms with Gasteiger partial charge >= 0.3 is 5.97 Å². The average molecular weight is 404 g/mol. The normalized spacial score (nSPS) is 11.7. The van der Waals surface area contributed by atoms with Crippen LogP contribution >= 0.6 is 11.6 Å². The number of nitrogens with one attached hydrogen (secondary N) is 1. The summed E-state index contributed by atoms with van der Waals surface area (Å²) < 4.78 is 15.8. The van der Waals surface area contributed by atoms with Crippen LogP contribution < -0.4 is 14.8 Å². The summed E-state index contributed by atoms with van der Waals surface area (Å²) in [4.78, 5) is 24.1. The third-order valence-corrected chi connectivity index (χ3v) is 3.93. The quantitative estimate of drug-likeness (QED) is 0.524. The standard InChI is InChI=1S/C21H22ClNO5/c1-4-27-18-11-5-15(13-19(18)26-3)6-12-20(24)28-14(2)21(25)23-17-9-7-16(22)8-10-17/h5-14H,4H2,1-3H3,(H,23,25)/b12-6+/t14-/m0/s1. The topological polar surface area (TPSA) is 73.9 Å². The molecule has 0 bridgehead atoms. The molecule has 0 saturated carbocycles. The van der Waals surface area contributed by atoms with Gasteiger partial charge in [-0.2, -0.15) is 0 Å². The second kappa shape index (κ2) is 10.4. The molecule has 28 heavy (non-hydrogen) atoms. The zero-order chi connectivity index (χ0) is 20.5. The Hall–Kier alpha value is -2.99. The van der Waals surface area contributed by atoms with E-state index in [9.17, 15) is 9.59 Å². The van der Waals surface area contributed by atoms with Crippen LogP contribution in [0.5, 0.6) is 11.5 Å². The Labute approximate surface area is 169 Å². The van der Waals surface area contributed by atoms with Gasteiger partial charge in [0, 0.05) is 16.8 Å². The molecular formula is C21H22ClNO5. The van der Waals surface area contributed by atoms with Gasteiger partial charge in [0.15, 0.2) is 17.6 Å². The molecule has 0 aliphatic rings. The molecule has 148 valence electrons. The molecular weight excluding hydrogens is 382 g/mol. The smallest absolute Gasteiger partial charge is 0.331 e. The summed E-state index contributed by atoms with van der Waals surface area (Å²) in [6.45, 7) is 3.90. The van der Waals surface area contributed by atoms with Crippen LogP contribution in [0.25, 0.3) is 6.08 Å². The maximum atomic E-state index is 12.1. The van der Waals surface area contributed by atoms with Crippen molar-refractivity contribution in [1.29, 1.82) is 0 Å². The second-order valence-electron chi connectivity index (χ2n) is 5.75. The highest BCUT2D eigenvalue weighted by molar-refractivity contribution is 6.30. The molecule has 0 radical (unpaired) electrons. The lowest BCUT2D eigenvalue weighted by Crippen LogP contribution is -2.29. The second-order valence-corrected chi connectivity index (χ2v) is 6.19. The van der Waals surface area contributed by atoms with Gasteiger partial charge in [-0.05, 0) is 61.9 Å². The van der Waals surface area contributed by atoms with Crippen molar-refractivity contribution < 1.29 is 23.8 Å². The number of rotatable bonds is 8. The Morgan fingerprint density at radius 1 is 1.14 bits per heavy atom. The van der Waals surface area contributed by atoms with Crippen LogP contribution in [0, 0.1) is 0 Å². The number of carbonyl (C=O) groups excluding carboxylic acids is 2. The number of halogens is 1. The lowest BCUT2D eigenvalue weighted by molar-refractivity contribution is -0.148. The third-order valence-electron chi connectivity index (χ3n) is 3.67. The third kappa shape index (κ3) is 6.32. The van der Waals surface area contributed by atoms with E-state index in [1.165, 1.54) is 13.0 Å². The van der Waals surface area contributed by atoms with Crippen LogP contribution in [0.2, 0.25) is 5.02 Å². The number of hydrogen-bond donors (Lipinski definition) is 1. The molecule has 0 spiro atoms. The first-order valence-electron chi connectivity index (χ1n) is 8.69. The molecule has 0 aliphatic heterocycles. The fourth-order valence-corrected chi connectivity index (χ4v) is 2.40. The minimum atomic E-state index is -0.956. The Morgan fingerprint density at radius 3 is 2.50 bits per heavy atom. The molecule has 0 unspecified atom stereocenters. The predicted molar refractivity (Wildman–Crippen MR) is 109 cm³/mol. The fraction of sp³-hybridized carbons (Fsp3) is 0.238. The van der Waals surface area contributed by atoms with Crippen molar-refractivity contribution in [3.8, 4) is 11.5 Å². The summed E-state index contributed by atoms with van der Waals surface area (Å²) in [5.41, 5.74) is 1.30. The Morgan fingerprint density at radius 2 is 1.86 bits per heavy atom. The number of carbonyl (C=O) groups is 2. The monoisotopic (exact) mass is 403 g/mol. The number of benzene rings is 2. The molecule has 7 heteroatoms. The van der Waals surface area contributed by atoms with Crippen molar-refractivity contribution in [3.05, 3.63) is 59.1 Å². The van der Waals surface area contributed by atoms with E-state index in [4.69, 9.17) is 25.8 Å². The van der Waals surface area contributed by atoms with E-state index in [0.717, 1.165) is 5.56 Å². The van der Waals surface area contributed by atoms with Crippen LogP contribution in [0.15, 0.2) is 48.5 Å². The molecule has 1 atom stereocenters. The van der Waals surface area contributed by atoms with Crippen molar-refractivity contribution >= 4 is 35.2 Å². The highest BCUT2D eigenvalue weighted by atomic mass is 35.5. The van der Waals surface area contributed by atoms with Crippen LogP contribution in [-0.2, 0) is 14.3 Å². The largest absolute Gasteiger partial charge is 0.493 e. The van der Waals surface area contributed by atoms with E-state index in [1.807, 2.05) is 6.92 Å². The SMILES string of the molecule is CCOc1ccc(/C=C/C(=O)O[C@@H](C)C(=O)Nc2ccc(Cl)cc2)cc1OC. The highest BCUT2D eigenvalue weighted by Gasteiger charge is 2.16. The van der Waals surface area contributed by atoms with Crippen LogP contribution in [0.1, 0.15) is 19.4 Å². The van der Waals surface area contributed by atoms with Crippen molar-refractivity contribution in [3.63, 3.8) is 0 Å². The maximum Gasteiger partial charge on any atom is 0.331 e. The molecule has 0 fully saturated rings. The number of anilines is 1. The molecule has 0 saturated heterocycles. The van der Waals surface area contributed by atoms with Crippen LogP contribution in [-0.4, -0.2) is 31.7 Å². The van der Waals surface area contributed by atoms with E-state index < -0.39 is 18.0 Å². The van der Waals surface area contributed by atoms with E-state index in [2.05, 4.69) is 5.32 Å². The Balaban J connectivity index is 1.93. The molecule has 0 aromatic heterocycles. The van der Waals surface area contributed by atoms with Crippen molar-refractivity contribution in [1.82, 2.24) is 0 Å². The summed E-state index contributed by atoms with van der Waals surface area (Å²) in [7, 11) is 1.54. The molecule has 2 rings (SSSR count). The fourth-order valence-electron chi connectivity index (χ4n) is 2.27. The van der Waals surface area contributed by atoms with Crippen LogP contribution in [0.4, 0.5) is 5.69 Å². The first kappa shape index (κ1) is 21.3. The van der Waals surface area contributed by atoms with E-state index >= 15 is 0 Å². The first-order valence-corrected chi connectivity index (χ1v) is 9.06. The lowest BCUT2D eigenvalue weighted by atomic mass is 10.2. The molecule has 1 N–H and O–H groups in total. The minimum absolute atomic E-state index is 0.438. The zero-order valence-corrected chi connectivity index (χ0v) is 16.7. The summed E-state index contributed by atoms with van der Waals surface area (Å²) in [6, 6.07) is 11.9. The number of ether oxygens (including phenoxy) is 3. The van der Waals surface area contributed by atoms with Crippen LogP contribution in [0.3, 0.4) is 0 Å². The Kier molecular flexibility index (Phi) is 7.89. The number of hydrogen-bond acceptors (Lipinski definition) is 5. The summed E-state index contributed by atoms with van der Waals surface area (Å²) in [5.74, 6) is 0.115. The van der Waals surface area contributed by atoms with E-state index in [0.29, 0.717) is 28.8 Å². The molecule has 0 heterocycles. The molecule has 0 aliphatic carbocycles. The summed E-state index contributed by atoms with van der Waals surface area (Å²) >= 11 is 5.80. The molecule has 2 aromatic rings. The zero-order valence-electron chi connectivity index (χ0n) is 15.9. The number of methoxy groups -OCH3 is 1. The number of amides is 1. The van der Waals surface area contributed by atoms with Gasteiger partial charge in [-0.25, -0.2) is 4.79 Å². The molecule has 6 nitrogen and oxygen atoms in total. The van der Waals surface area contributed by atoms with Crippen molar-refractivity contribution in [2.75, 3.05) is 19.0 Å². The van der Waals surface area contributed by atoms with Crippen molar-refractivity contribution in [2.45, 2.75) is 20.0 Å².